The zero-order valence-corrected chi connectivity index (χ0v) is 11.4. The molecule has 0 heterocycles. The maximum atomic E-state index is 6.23. The molecule has 1 atom stereocenters. The molecule has 0 aliphatic heterocycles. The lowest BCUT2D eigenvalue weighted by atomic mass is 9.89. The Kier molecular flexibility index (Phi) is 4.54. The fourth-order valence-electron chi connectivity index (χ4n) is 1.60. The van der Waals surface area contributed by atoms with Gasteiger partial charge in [0.2, 0.25) is 0 Å². The normalized spacial score (nSPS) is 13.8. The SMILES string of the molecule is CNC(C)(C)C(N)c1ccc(OC(C)C)cc1. The van der Waals surface area contributed by atoms with Crippen LogP contribution < -0.4 is 15.8 Å². The highest BCUT2D eigenvalue weighted by Gasteiger charge is 2.25. The summed E-state index contributed by atoms with van der Waals surface area (Å²) in [5.74, 6) is 0.887. The standard InChI is InChI=1S/C14H24N2O/c1-10(2)17-12-8-6-11(7-9-12)13(15)14(3,4)16-5/h6-10,13,16H,15H2,1-5H3. The van der Waals surface area contributed by atoms with E-state index in [9.17, 15) is 0 Å². The van der Waals surface area contributed by atoms with Gasteiger partial charge in [0.1, 0.15) is 5.75 Å². The molecule has 0 aliphatic carbocycles. The van der Waals surface area contributed by atoms with E-state index in [0.717, 1.165) is 11.3 Å². The quantitative estimate of drug-likeness (QED) is 0.825. The molecule has 96 valence electrons. The van der Waals surface area contributed by atoms with Crippen molar-refractivity contribution in [2.45, 2.75) is 45.4 Å². The van der Waals surface area contributed by atoms with Gasteiger partial charge >= 0.3 is 0 Å². The molecule has 0 spiro atoms. The van der Waals surface area contributed by atoms with E-state index in [0.29, 0.717) is 0 Å². The van der Waals surface area contributed by atoms with Crippen molar-refractivity contribution in [2.24, 2.45) is 5.73 Å². The minimum absolute atomic E-state index is 0.0411. The maximum absolute atomic E-state index is 6.23. The second-order valence-corrected chi connectivity index (χ2v) is 5.19. The van der Waals surface area contributed by atoms with Gasteiger partial charge in [0.05, 0.1) is 6.10 Å². The number of hydrogen-bond donors (Lipinski definition) is 2. The van der Waals surface area contributed by atoms with Crippen molar-refractivity contribution in [2.75, 3.05) is 7.05 Å². The molecule has 0 aromatic heterocycles. The average Bonchev–Trinajstić information content (AvgIpc) is 2.28. The summed E-state index contributed by atoms with van der Waals surface area (Å²) >= 11 is 0. The van der Waals surface area contributed by atoms with Crippen LogP contribution in [0.25, 0.3) is 0 Å². The topological polar surface area (TPSA) is 47.3 Å². The van der Waals surface area contributed by atoms with Crippen molar-refractivity contribution in [1.29, 1.82) is 0 Å². The Bertz CT molecular complexity index is 344. The Labute approximate surface area is 104 Å². The maximum Gasteiger partial charge on any atom is 0.119 e. The van der Waals surface area contributed by atoms with Crippen molar-refractivity contribution in [3.63, 3.8) is 0 Å². The summed E-state index contributed by atoms with van der Waals surface area (Å²) in [7, 11) is 1.93. The summed E-state index contributed by atoms with van der Waals surface area (Å²) in [4.78, 5) is 0. The van der Waals surface area contributed by atoms with E-state index in [1.807, 2.05) is 45.2 Å². The first-order chi connectivity index (χ1) is 7.86. The first kappa shape index (κ1) is 14.0. The second kappa shape index (κ2) is 5.52. The van der Waals surface area contributed by atoms with Crippen molar-refractivity contribution in [3.05, 3.63) is 29.8 Å². The zero-order chi connectivity index (χ0) is 13.1. The van der Waals surface area contributed by atoms with Gasteiger partial charge in [-0.3, -0.25) is 0 Å². The Morgan fingerprint density at radius 3 is 2.12 bits per heavy atom. The summed E-state index contributed by atoms with van der Waals surface area (Å²) in [6.45, 7) is 8.22. The van der Waals surface area contributed by atoms with Crippen molar-refractivity contribution < 1.29 is 4.74 Å². The molecular weight excluding hydrogens is 212 g/mol. The summed E-state index contributed by atoms with van der Waals surface area (Å²) < 4.78 is 5.60. The van der Waals surface area contributed by atoms with Crippen molar-refractivity contribution in [3.8, 4) is 5.75 Å². The first-order valence-corrected chi connectivity index (χ1v) is 6.08. The van der Waals surface area contributed by atoms with Gasteiger partial charge in [-0.05, 0) is 52.4 Å². The van der Waals surface area contributed by atoms with E-state index >= 15 is 0 Å². The number of nitrogens with one attached hydrogen (secondary N) is 1. The Morgan fingerprint density at radius 1 is 1.18 bits per heavy atom. The van der Waals surface area contributed by atoms with E-state index < -0.39 is 0 Å². The summed E-state index contributed by atoms with van der Waals surface area (Å²) in [5.41, 5.74) is 7.22. The van der Waals surface area contributed by atoms with Gasteiger partial charge < -0.3 is 15.8 Å². The Balaban J connectivity index is 2.80. The van der Waals surface area contributed by atoms with Gasteiger partial charge in [-0.25, -0.2) is 0 Å². The lowest BCUT2D eigenvalue weighted by Crippen LogP contribution is -2.46. The minimum Gasteiger partial charge on any atom is -0.491 e. The van der Waals surface area contributed by atoms with Crippen LogP contribution >= 0.6 is 0 Å². The molecule has 3 N–H and O–H groups in total. The molecular formula is C14H24N2O. The highest BCUT2D eigenvalue weighted by atomic mass is 16.5. The van der Waals surface area contributed by atoms with Crippen LogP contribution in [0.4, 0.5) is 0 Å². The molecule has 0 saturated carbocycles. The fraction of sp³-hybridized carbons (Fsp3) is 0.571. The largest absolute Gasteiger partial charge is 0.491 e. The Morgan fingerprint density at radius 2 is 1.71 bits per heavy atom. The first-order valence-electron chi connectivity index (χ1n) is 6.08. The fourth-order valence-corrected chi connectivity index (χ4v) is 1.60. The number of hydrogen-bond acceptors (Lipinski definition) is 3. The Hall–Kier alpha value is -1.06. The van der Waals surface area contributed by atoms with Gasteiger partial charge in [0.25, 0.3) is 0 Å². The predicted octanol–water partition coefficient (Wildman–Crippen LogP) is 2.47. The zero-order valence-electron chi connectivity index (χ0n) is 11.4. The van der Waals surface area contributed by atoms with Crippen LogP contribution in [0, 0.1) is 0 Å². The molecule has 0 amide bonds. The van der Waals surface area contributed by atoms with Crippen LogP contribution in [-0.2, 0) is 0 Å². The number of likely N-dealkylation sites (N-methyl/N-ethyl adjacent to an activating group) is 1. The molecule has 1 aromatic rings. The lowest BCUT2D eigenvalue weighted by molar-refractivity contribution is 0.242. The summed E-state index contributed by atoms with van der Waals surface area (Å²) in [6.07, 6.45) is 0.197. The predicted molar refractivity (Wildman–Crippen MR) is 72.3 cm³/mol. The number of ether oxygens (including phenoxy) is 1. The number of rotatable bonds is 5. The van der Waals surface area contributed by atoms with Crippen LogP contribution in [0.1, 0.15) is 39.3 Å². The third-order valence-electron chi connectivity index (χ3n) is 3.03. The van der Waals surface area contributed by atoms with Crippen LogP contribution in [0.3, 0.4) is 0 Å². The molecule has 1 aromatic carbocycles. The summed E-state index contributed by atoms with van der Waals surface area (Å²) in [6, 6.07) is 7.96. The van der Waals surface area contributed by atoms with Gasteiger partial charge in [-0.15, -0.1) is 0 Å². The van der Waals surface area contributed by atoms with E-state index in [1.54, 1.807) is 0 Å². The average molecular weight is 236 g/mol. The third kappa shape index (κ3) is 3.72. The van der Waals surface area contributed by atoms with Crippen LogP contribution in [-0.4, -0.2) is 18.7 Å². The highest BCUT2D eigenvalue weighted by Crippen LogP contribution is 2.24. The smallest absolute Gasteiger partial charge is 0.119 e. The van der Waals surface area contributed by atoms with E-state index in [2.05, 4.69) is 19.2 Å². The second-order valence-electron chi connectivity index (χ2n) is 5.19. The van der Waals surface area contributed by atoms with Gasteiger partial charge in [0, 0.05) is 11.6 Å². The highest BCUT2D eigenvalue weighted by molar-refractivity contribution is 5.30. The van der Waals surface area contributed by atoms with E-state index in [-0.39, 0.29) is 17.7 Å². The van der Waals surface area contributed by atoms with Gasteiger partial charge in [0.15, 0.2) is 0 Å². The molecule has 3 heteroatoms. The third-order valence-corrected chi connectivity index (χ3v) is 3.03. The summed E-state index contributed by atoms with van der Waals surface area (Å²) in [5, 5.41) is 3.23. The van der Waals surface area contributed by atoms with E-state index in [4.69, 9.17) is 10.5 Å². The van der Waals surface area contributed by atoms with Gasteiger partial charge in [-0.2, -0.15) is 0 Å². The van der Waals surface area contributed by atoms with E-state index in [1.165, 1.54) is 0 Å². The molecule has 1 unspecified atom stereocenters. The van der Waals surface area contributed by atoms with Gasteiger partial charge in [-0.1, -0.05) is 12.1 Å². The van der Waals surface area contributed by atoms with Crippen LogP contribution in [0.5, 0.6) is 5.75 Å². The lowest BCUT2D eigenvalue weighted by Gasteiger charge is -2.31. The minimum atomic E-state index is -0.125. The molecule has 0 radical (unpaired) electrons. The van der Waals surface area contributed by atoms with Crippen molar-refractivity contribution in [1.82, 2.24) is 5.32 Å². The van der Waals surface area contributed by atoms with Crippen LogP contribution in [0.2, 0.25) is 0 Å². The van der Waals surface area contributed by atoms with Crippen LogP contribution in [0.15, 0.2) is 24.3 Å². The molecule has 0 bridgehead atoms. The number of benzene rings is 1. The van der Waals surface area contributed by atoms with Crippen molar-refractivity contribution >= 4 is 0 Å². The molecule has 0 fully saturated rings. The number of nitrogens with two attached hydrogens (primary N) is 1. The molecule has 0 saturated heterocycles. The molecule has 1 rings (SSSR count). The monoisotopic (exact) mass is 236 g/mol. The molecule has 3 nitrogen and oxygen atoms in total. The molecule has 17 heavy (non-hydrogen) atoms. The molecule has 0 aliphatic rings.